The molecule has 0 radical (unpaired) electrons. The highest BCUT2D eigenvalue weighted by Crippen LogP contribution is 2.28. The first-order valence-electron chi connectivity index (χ1n) is 9.54. The number of likely N-dealkylation sites (tertiary alicyclic amines) is 1. The lowest BCUT2D eigenvalue weighted by Gasteiger charge is -2.38. The second-order valence-corrected chi connectivity index (χ2v) is 7.92. The summed E-state index contributed by atoms with van der Waals surface area (Å²) >= 11 is 6.18. The minimum atomic E-state index is -1.13. The summed E-state index contributed by atoms with van der Waals surface area (Å²) < 4.78 is 24.2. The van der Waals surface area contributed by atoms with Crippen LogP contribution in [0.2, 0.25) is 5.02 Å². The predicted octanol–water partition coefficient (Wildman–Crippen LogP) is 3.91. The number of hydrogen-bond donors (Lipinski definition) is 1. The smallest absolute Gasteiger partial charge is 0.260 e. The molecule has 1 unspecified atom stereocenters. The standard InChI is InChI=1S/C22H25ClFNO4/c1-15-10-19(11-16(2)21(15)23)29-14-22(27)8-3-9-25(13-22)20(26)12-28-18-6-4-17(24)5-7-18/h4-7,10-11,27H,3,8-9,12-14H2,1-2H3. The second kappa shape index (κ2) is 9.01. The van der Waals surface area contributed by atoms with Crippen molar-refractivity contribution in [3.63, 3.8) is 0 Å². The van der Waals surface area contributed by atoms with Crippen molar-refractivity contribution >= 4 is 17.5 Å². The highest BCUT2D eigenvalue weighted by atomic mass is 35.5. The van der Waals surface area contributed by atoms with Gasteiger partial charge >= 0.3 is 0 Å². The summed E-state index contributed by atoms with van der Waals surface area (Å²) in [5.74, 6) is 0.464. The van der Waals surface area contributed by atoms with Crippen LogP contribution >= 0.6 is 11.6 Å². The number of carbonyl (C=O) groups excluding carboxylic acids is 1. The van der Waals surface area contributed by atoms with Crippen LogP contribution in [0.4, 0.5) is 4.39 Å². The van der Waals surface area contributed by atoms with E-state index in [0.717, 1.165) is 11.1 Å². The Labute approximate surface area is 175 Å². The van der Waals surface area contributed by atoms with Crippen LogP contribution < -0.4 is 9.47 Å². The van der Waals surface area contributed by atoms with Crippen LogP contribution in [0.3, 0.4) is 0 Å². The van der Waals surface area contributed by atoms with E-state index >= 15 is 0 Å². The fourth-order valence-corrected chi connectivity index (χ4v) is 3.53. The molecule has 1 fully saturated rings. The lowest BCUT2D eigenvalue weighted by molar-refractivity contribution is -0.142. The highest BCUT2D eigenvalue weighted by Gasteiger charge is 2.36. The van der Waals surface area contributed by atoms with E-state index in [9.17, 15) is 14.3 Å². The molecule has 29 heavy (non-hydrogen) atoms. The molecule has 3 rings (SSSR count). The number of benzene rings is 2. The third-order valence-electron chi connectivity index (χ3n) is 5.00. The number of amides is 1. The Kier molecular flexibility index (Phi) is 6.65. The topological polar surface area (TPSA) is 59.0 Å². The molecule has 1 atom stereocenters. The molecule has 2 aromatic rings. The zero-order chi connectivity index (χ0) is 21.0. The molecule has 0 aliphatic carbocycles. The summed E-state index contributed by atoms with van der Waals surface area (Å²) in [4.78, 5) is 14.1. The van der Waals surface area contributed by atoms with E-state index in [1.165, 1.54) is 24.3 Å². The number of carbonyl (C=O) groups is 1. The molecular formula is C22H25ClFNO4. The zero-order valence-electron chi connectivity index (χ0n) is 16.6. The SMILES string of the molecule is Cc1cc(OCC2(O)CCCN(C(=O)COc3ccc(F)cc3)C2)cc(C)c1Cl. The first-order valence-corrected chi connectivity index (χ1v) is 9.92. The van der Waals surface area contributed by atoms with E-state index in [1.807, 2.05) is 26.0 Å². The van der Waals surface area contributed by atoms with Gasteiger partial charge in [0.05, 0.1) is 6.54 Å². The molecule has 1 saturated heterocycles. The van der Waals surface area contributed by atoms with Crippen molar-refractivity contribution < 1.29 is 23.8 Å². The maximum Gasteiger partial charge on any atom is 0.260 e. The second-order valence-electron chi connectivity index (χ2n) is 7.55. The first-order chi connectivity index (χ1) is 13.8. The van der Waals surface area contributed by atoms with Gasteiger partial charge in [-0.2, -0.15) is 0 Å². The third kappa shape index (κ3) is 5.61. The monoisotopic (exact) mass is 421 g/mol. The van der Waals surface area contributed by atoms with Gasteiger partial charge in [-0.3, -0.25) is 4.79 Å². The molecule has 1 aliphatic rings. The summed E-state index contributed by atoms with van der Waals surface area (Å²) in [6, 6.07) is 9.16. The molecule has 156 valence electrons. The van der Waals surface area contributed by atoms with Crippen LogP contribution in [0.1, 0.15) is 24.0 Å². The van der Waals surface area contributed by atoms with Gasteiger partial charge < -0.3 is 19.5 Å². The number of piperidine rings is 1. The van der Waals surface area contributed by atoms with Crippen LogP contribution in [0.25, 0.3) is 0 Å². The van der Waals surface area contributed by atoms with E-state index < -0.39 is 5.60 Å². The van der Waals surface area contributed by atoms with Gasteiger partial charge in [-0.15, -0.1) is 0 Å². The van der Waals surface area contributed by atoms with Gasteiger partial charge in [0.25, 0.3) is 5.91 Å². The number of halogens is 2. The van der Waals surface area contributed by atoms with Crippen LogP contribution in [-0.4, -0.2) is 47.8 Å². The number of β-amino-alcohol motifs (C(OH)–C–C–N with tert-alkyl or cyclic N) is 1. The molecule has 1 amide bonds. The van der Waals surface area contributed by atoms with Gasteiger partial charge in [0.2, 0.25) is 0 Å². The van der Waals surface area contributed by atoms with Crippen molar-refractivity contribution in [3.8, 4) is 11.5 Å². The van der Waals surface area contributed by atoms with Gasteiger partial charge in [0.15, 0.2) is 6.61 Å². The van der Waals surface area contributed by atoms with Crippen LogP contribution in [0.5, 0.6) is 11.5 Å². The number of nitrogens with zero attached hydrogens (tertiary/aromatic N) is 1. The Morgan fingerprint density at radius 2 is 1.83 bits per heavy atom. The minimum Gasteiger partial charge on any atom is -0.491 e. The average molecular weight is 422 g/mol. The quantitative estimate of drug-likeness (QED) is 0.768. The minimum absolute atomic E-state index is 0.0795. The normalized spacial score (nSPS) is 19.1. The Bertz CT molecular complexity index is 851. The van der Waals surface area contributed by atoms with Gasteiger partial charge in [0.1, 0.15) is 29.5 Å². The molecule has 0 spiro atoms. The van der Waals surface area contributed by atoms with E-state index in [0.29, 0.717) is 35.9 Å². The van der Waals surface area contributed by atoms with E-state index in [-0.39, 0.29) is 31.5 Å². The molecular weight excluding hydrogens is 397 g/mol. The fraction of sp³-hybridized carbons (Fsp3) is 0.409. The molecule has 0 aromatic heterocycles. The molecule has 0 saturated carbocycles. The van der Waals surface area contributed by atoms with E-state index in [1.54, 1.807) is 4.90 Å². The molecule has 7 heteroatoms. The molecule has 1 N–H and O–H groups in total. The van der Waals surface area contributed by atoms with Crippen LogP contribution in [0.15, 0.2) is 36.4 Å². The summed E-state index contributed by atoms with van der Waals surface area (Å²) in [6.45, 7) is 4.43. The maximum atomic E-state index is 12.9. The van der Waals surface area contributed by atoms with E-state index in [2.05, 4.69) is 0 Å². The van der Waals surface area contributed by atoms with Crippen LogP contribution in [-0.2, 0) is 4.79 Å². The predicted molar refractivity (Wildman–Crippen MR) is 109 cm³/mol. The van der Waals surface area contributed by atoms with E-state index in [4.69, 9.17) is 21.1 Å². The molecule has 5 nitrogen and oxygen atoms in total. The Hall–Kier alpha value is -2.31. The number of rotatable bonds is 6. The first kappa shape index (κ1) is 21.4. The fourth-order valence-electron chi connectivity index (χ4n) is 3.42. The number of aliphatic hydroxyl groups is 1. The summed E-state index contributed by atoms with van der Waals surface area (Å²) in [6.07, 6.45) is 1.21. The van der Waals surface area contributed by atoms with Crippen molar-refractivity contribution in [1.82, 2.24) is 4.90 Å². The van der Waals surface area contributed by atoms with Gasteiger partial charge in [0, 0.05) is 11.6 Å². The van der Waals surface area contributed by atoms with Crippen molar-refractivity contribution in [3.05, 3.63) is 58.4 Å². The Morgan fingerprint density at radius 3 is 2.48 bits per heavy atom. The van der Waals surface area contributed by atoms with Crippen molar-refractivity contribution in [2.45, 2.75) is 32.3 Å². The van der Waals surface area contributed by atoms with Gasteiger partial charge in [-0.25, -0.2) is 4.39 Å². The van der Waals surface area contributed by atoms with Gasteiger partial charge in [-0.05, 0) is 74.2 Å². The summed E-state index contributed by atoms with van der Waals surface area (Å²) in [7, 11) is 0. The molecule has 1 heterocycles. The van der Waals surface area contributed by atoms with Gasteiger partial charge in [-0.1, -0.05) is 11.6 Å². The zero-order valence-corrected chi connectivity index (χ0v) is 17.3. The number of hydrogen-bond acceptors (Lipinski definition) is 4. The molecule has 1 aliphatic heterocycles. The summed E-state index contributed by atoms with van der Waals surface area (Å²) in [5.41, 5.74) is 0.685. The Balaban J connectivity index is 1.55. The lowest BCUT2D eigenvalue weighted by Crippen LogP contribution is -2.54. The lowest BCUT2D eigenvalue weighted by atomic mass is 9.93. The average Bonchev–Trinajstić information content (AvgIpc) is 2.70. The van der Waals surface area contributed by atoms with Crippen molar-refractivity contribution in [2.24, 2.45) is 0 Å². The van der Waals surface area contributed by atoms with Crippen LogP contribution in [0, 0.1) is 19.7 Å². The molecule has 2 aromatic carbocycles. The maximum absolute atomic E-state index is 12.9. The van der Waals surface area contributed by atoms with Crippen molar-refractivity contribution in [2.75, 3.05) is 26.3 Å². The summed E-state index contributed by atoms with van der Waals surface area (Å²) in [5, 5.41) is 11.6. The highest BCUT2D eigenvalue weighted by molar-refractivity contribution is 6.32. The number of aryl methyl sites for hydroxylation is 2. The van der Waals surface area contributed by atoms with Crippen molar-refractivity contribution in [1.29, 1.82) is 0 Å². The number of ether oxygens (including phenoxy) is 2. The Morgan fingerprint density at radius 1 is 1.17 bits per heavy atom. The molecule has 0 bridgehead atoms. The third-order valence-corrected chi connectivity index (χ3v) is 5.60. The largest absolute Gasteiger partial charge is 0.491 e.